The zero-order valence-corrected chi connectivity index (χ0v) is 11.6. The van der Waals surface area contributed by atoms with Crippen molar-refractivity contribution in [3.63, 3.8) is 0 Å². The van der Waals surface area contributed by atoms with E-state index in [4.69, 9.17) is 0 Å². The highest BCUT2D eigenvalue weighted by Gasteiger charge is 2.53. The van der Waals surface area contributed by atoms with Crippen LogP contribution in [0.1, 0.15) is 19.4 Å². The van der Waals surface area contributed by atoms with Crippen LogP contribution in [-0.4, -0.2) is 18.6 Å². The number of hydrogen-bond donors (Lipinski definition) is 0. The summed E-state index contributed by atoms with van der Waals surface area (Å²) in [4.78, 5) is 12.0. The molecule has 0 aliphatic heterocycles. The first-order valence-corrected chi connectivity index (χ1v) is 6.46. The molecule has 1 unspecified atom stereocenters. The van der Waals surface area contributed by atoms with Crippen LogP contribution in [0, 0.1) is 5.92 Å². The van der Waals surface area contributed by atoms with E-state index in [0.717, 1.165) is 7.11 Å². The number of hydrogen-bond acceptors (Lipinski definition) is 3. The van der Waals surface area contributed by atoms with E-state index in [1.807, 2.05) is 0 Å². The topological polar surface area (TPSA) is 26.3 Å². The Labute approximate surface area is 114 Å². The van der Waals surface area contributed by atoms with Crippen LogP contribution in [0.2, 0.25) is 0 Å². The number of rotatable bonds is 4. The molecular formula is C13H15F3O2S. The summed E-state index contributed by atoms with van der Waals surface area (Å²) in [6.45, 7) is 3.14. The van der Waals surface area contributed by atoms with E-state index in [1.165, 1.54) is 12.1 Å². The standard InChI is InChI=1S/C13H15F3O2S/c1-9(2)12(11(17)18-3,19-13(14,15)16)10-7-5-4-6-8-10/h4-9H,1-3H3. The predicted molar refractivity (Wildman–Crippen MR) is 68.6 cm³/mol. The Morgan fingerprint density at radius 3 is 2.11 bits per heavy atom. The molecule has 0 amide bonds. The van der Waals surface area contributed by atoms with Gasteiger partial charge in [0.05, 0.1) is 7.11 Å². The molecule has 0 bridgehead atoms. The smallest absolute Gasteiger partial charge is 0.443 e. The van der Waals surface area contributed by atoms with Gasteiger partial charge in [0.25, 0.3) is 0 Å². The van der Waals surface area contributed by atoms with Gasteiger partial charge in [-0.1, -0.05) is 44.2 Å². The molecule has 0 N–H and O–H groups in total. The quantitative estimate of drug-likeness (QED) is 0.786. The average Bonchev–Trinajstić information content (AvgIpc) is 2.34. The van der Waals surface area contributed by atoms with Crippen molar-refractivity contribution in [3.05, 3.63) is 35.9 Å². The van der Waals surface area contributed by atoms with Crippen LogP contribution >= 0.6 is 11.8 Å². The minimum atomic E-state index is -4.53. The Morgan fingerprint density at radius 2 is 1.74 bits per heavy atom. The Hall–Kier alpha value is -1.17. The Kier molecular flexibility index (Phi) is 4.90. The molecule has 2 nitrogen and oxygen atoms in total. The predicted octanol–water partition coefficient (Wildman–Crippen LogP) is 3.96. The van der Waals surface area contributed by atoms with Gasteiger partial charge in [-0.2, -0.15) is 13.2 Å². The van der Waals surface area contributed by atoms with E-state index in [9.17, 15) is 18.0 Å². The van der Waals surface area contributed by atoms with Gasteiger partial charge in [-0.25, -0.2) is 0 Å². The van der Waals surface area contributed by atoms with E-state index in [1.54, 1.807) is 32.0 Å². The second kappa shape index (κ2) is 5.86. The van der Waals surface area contributed by atoms with E-state index in [-0.39, 0.29) is 11.8 Å². The molecule has 6 heteroatoms. The van der Waals surface area contributed by atoms with Crippen LogP contribution in [0.4, 0.5) is 13.2 Å². The van der Waals surface area contributed by atoms with Gasteiger partial charge in [0, 0.05) is 0 Å². The zero-order chi connectivity index (χ0) is 14.7. The van der Waals surface area contributed by atoms with Gasteiger partial charge in [0.1, 0.15) is 4.75 Å². The molecule has 0 aliphatic carbocycles. The van der Waals surface area contributed by atoms with Gasteiger partial charge >= 0.3 is 11.5 Å². The van der Waals surface area contributed by atoms with Crippen LogP contribution in [-0.2, 0) is 14.3 Å². The Balaban J connectivity index is 3.41. The lowest BCUT2D eigenvalue weighted by Crippen LogP contribution is -2.41. The molecule has 106 valence electrons. The van der Waals surface area contributed by atoms with Crippen molar-refractivity contribution in [1.29, 1.82) is 0 Å². The van der Waals surface area contributed by atoms with Gasteiger partial charge in [0.15, 0.2) is 0 Å². The number of halogens is 3. The molecule has 1 aromatic carbocycles. The van der Waals surface area contributed by atoms with E-state index < -0.39 is 22.1 Å². The van der Waals surface area contributed by atoms with Crippen molar-refractivity contribution in [1.82, 2.24) is 0 Å². The van der Waals surface area contributed by atoms with Crippen LogP contribution in [0.5, 0.6) is 0 Å². The number of esters is 1. The van der Waals surface area contributed by atoms with Crippen molar-refractivity contribution >= 4 is 17.7 Å². The summed E-state index contributed by atoms with van der Waals surface area (Å²) in [5.74, 6) is -1.47. The van der Waals surface area contributed by atoms with Gasteiger partial charge in [-0.3, -0.25) is 4.79 Å². The third-order valence-corrected chi connectivity index (χ3v) is 4.21. The fraction of sp³-hybridized carbons (Fsp3) is 0.462. The van der Waals surface area contributed by atoms with Crippen molar-refractivity contribution in [2.75, 3.05) is 7.11 Å². The largest absolute Gasteiger partial charge is 0.468 e. The summed E-state index contributed by atoms with van der Waals surface area (Å²) in [5.41, 5.74) is -4.24. The molecule has 0 saturated heterocycles. The summed E-state index contributed by atoms with van der Waals surface area (Å²) in [5, 5.41) is 0. The molecule has 0 fully saturated rings. The summed E-state index contributed by atoms with van der Waals surface area (Å²) >= 11 is -0.331. The highest BCUT2D eigenvalue weighted by Crippen LogP contribution is 2.51. The first-order chi connectivity index (χ1) is 8.74. The Morgan fingerprint density at radius 1 is 1.21 bits per heavy atom. The molecular weight excluding hydrogens is 277 g/mol. The monoisotopic (exact) mass is 292 g/mol. The average molecular weight is 292 g/mol. The van der Waals surface area contributed by atoms with E-state index >= 15 is 0 Å². The molecule has 0 spiro atoms. The van der Waals surface area contributed by atoms with Crippen molar-refractivity contribution in [2.24, 2.45) is 5.92 Å². The molecule has 1 aromatic rings. The minimum absolute atomic E-state index is 0.291. The number of thioether (sulfide) groups is 1. The van der Waals surface area contributed by atoms with Crippen molar-refractivity contribution in [3.8, 4) is 0 Å². The number of carbonyl (C=O) groups is 1. The first-order valence-electron chi connectivity index (χ1n) is 5.65. The van der Waals surface area contributed by atoms with E-state index in [2.05, 4.69) is 4.74 Å². The summed E-state index contributed by atoms with van der Waals surface area (Å²) in [6, 6.07) is 7.91. The van der Waals surface area contributed by atoms with Crippen LogP contribution in [0.15, 0.2) is 30.3 Å². The molecule has 0 aliphatic rings. The van der Waals surface area contributed by atoms with Gasteiger partial charge in [0.2, 0.25) is 0 Å². The Bertz CT molecular complexity index is 431. The van der Waals surface area contributed by atoms with Gasteiger partial charge in [-0.15, -0.1) is 0 Å². The van der Waals surface area contributed by atoms with Crippen molar-refractivity contribution in [2.45, 2.75) is 24.1 Å². The van der Waals surface area contributed by atoms with E-state index in [0.29, 0.717) is 5.56 Å². The number of methoxy groups -OCH3 is 1. The fourth-order valence-electron chi connectivity index (χ4n) is 1.93. The molecule has 19 heavy (non-hydrogen) atoms. The molecule has 0 aromatic heterocycles. The third kappa shape index (κ3) is 3.43. The molecule has 1 rings (SSSR count). The molecule has 0 heterocycles. The van der Waals surface area contributed by atoms with Crippen LogP contribution in [0.25, 0.3) is 0 Å². The maximum atomic E-state index is 12.8. The highest BCUT2D eigenvalue weighted by molar-refractivity contribution is 8.01. The summed E-state index contributed by atoms with van der Waals surface area (Å²) < 4.78 is 41.4. The number of alkyl halides is 3. The lowest BCUT2D eigenvalue weighted by Gasteiger charge is -2.34. The second-order valence-electron chi connectivity index (χ2n) is 4.30. The second-order valence-corrected chi connectivity index (χ2v) is 5.61. The SMILES string of the molecule is COC(=O)C(SC(F)(F)F)(c1ccccc1)C(C)C. The summed E-state index contributed by atoms with van der Waals surface area (Å²) in [7, 11) is 1.10. The van der Waals surface area contributed by atoms with Gasteiger partial charge in [-0.05, 0) is 23.2 Å². The molecule has 1 atom stereocenters. The van der Waals surface area contributed by atoms with Crippen LogP contribution in [0.3, 0.4) is 0 Å². The highest BCUT2D eigenvalue weighted by atomic mass is 32.2. The number of carbonyl (C=O) groups excluding carboxylic acids is 1. The molecule has 0 radical (unpaired) electrons. The minimum Gasteiger partial charge on any atom is -0.468 e. The normalized spacial score (nSPS) is 15.1. The summed E-state index contributed by atoms with van der Waals surface area (Å²) in [6.07, 6.45) is 0. The zero-order valence-electron chi connectivity index (χ0n) is 10.8. The van der Waals surface area contributed by atoms with Crippen LogP contribution < -0.4 is 0 Å². The van der Waals surface area contributed by atoms with Gasteiger partial charge < -0.3 is 4.74 Å². The lowest BCUT2D eigenvalue weighted by molar-refractivity contribution is -0.145. The number of ether oxygens (including phenoxy) is 1. The first kappa shape index (κ1) is 15.9. The van der Waals surface area contributed by atoms with Crippen molar-refractivity contribution < 1.29 is 22.7 Å². The maximum Gasteiger partial charge on any atom is 0.443 e. The molecule has 0 saturated carbocycles. The lowest BCUT2D eigenvalue weighted by atomic mass is 9.87. The fourth-order valence-corrected chi connectivity index (χ4v) is 2.95. The number of benzene rings is 1. The maximum absolute atomic E-state index is 12.8. The third-order valence-electron chi connectivity index (χ3n) is 2.78.